The van der Waals surface area contributed by atoms with Gasteiger partial charge in [0, 0.05) is 6.08 Å². The molecule has 0 spiro atoms. The Bertz CT molecular complexity index is 712. The van der Waals surface area contributed by atoms with E-state index in [9.17, 15) is 14.7 Å². The van der Waals surface area contributed by atoms with Crippen LogP contribution in [0.4, 0.5) is 0 Å². The highest BCUT2D eigenvalue weighted by atomic mass is 16.5. The van der Waals surface area contributed by atoms with Crippen molar-refractivity contribution in [3.05, 3.63) is 58.2 Å². The zero-order chi connectivity index (χ0) is 19.9. The molecule has 26 heavy (non-hydrogen) atoms. The van der Waals surface area contributed by atoms with Crippen LogP contribution >= 0.6 is 0 Å². The Hall–Kier alpha value is -2.36. The number of carbonyl (C=O) groups is 2. The SMILES string of the molecule is COC(=O)/C=C(/C)C(=CC=C(C)C=CC1=C(C)CCCC1(C)C)C(=O)O. The Morgan fingerprint density at radius 2 is 1.85 bits per heavy atom. The zero-order valence-corrected chi connectivity index (χ0v) is 16.7. The molecule has 1 aliphatic rings. The van der Waals surface area contributed by atoms with Crippen molar-refractivity contribution in [2.45, 2.75) is 53.9 Å². The summed E-state index contributed by atoms with van der Waals surface area (Å²) in [6.45, 7) is 10.2. The molecule has 4 nitrogen and oxygen atoms in total. The van der Waals surface area contributed by atoms with Crippen molar-refractivity contribution in [2.75, 3.05) is 7.11 Å². The summed E-state index contributed by atoms with van der Waals surface area (Å²) >= 11 is 0. The van der Waals surface area contributed by atoms with E-state index in [-0.39, 0.29) is 11.0 Å². The second-order valence-corrected chi connectivity index (χ2v) is 7.41. The smallest absolute Gasteiger partial charge is 0.335 e. The molecule has 1 N–H and O–H groups in total. The van der Waals surface area contributed by atoms with Crippen LogP contribution in [0.25, 0.3) is 0 Å². The second-order valence-electron chi connectivity index (χ2n) is 7.41. The number of hydrogen-bond acceptors (Lipinski definition) is 3. The number of aliphatic carboxylic acids is 1. The molecule has 1 rings (SSSR count). The lowest BCUT2D eigenvalue weighted by Crippen LogP contribution is -2.19. The highest BCUT2D eigenvalue weighted by molar-refractivity contribution is 5.95. The van der Waals surface area contributed by atoms with Gasteiger partial charge in [-0.2, -0.15) is 0 Å². The van der Waals surface area contributed by atoms with Crippen LogP contribution in [0.5, 0.6) is 0 Å². The molecular weight excluding hydrogens is 328 g/mol. The van der Waals surface area contributed by atoms with Crippen LogP contribution < -0.4 is 0 Å². The summed E-state index contributed by atoms with van der Waals surface area (Å²) in [5, 5.41) is 9.36. The summed E-state index contributed by atoms with van der Waals surface area (Å²) in [6.07, 6.45) is 12.1. The van der Waals surface area contributed by atoms with Gasteiger partial charge in [0.2, 0.25) is 0 Å². The lowest BCUT2D eigenvalue weighted by atomic mass is 9.72. The fourth-order valence-corrected chi connectivity index (χ4v) is 3.18. The number of ether oxygens (including phenoxy) is 1. The third kappa shape index (κ3) is 6.17. The number of carboxylic acids is 1. The van der Waals surface area contributed by atoms with Gasteiger partial charge in [-0.15, -0.1) is 0 Å². The molecule has 0 saturated heterocycles. The van der Waals surface area contributed by atoms with Crippen molar-refractivity contribution in [1.82, 2.24) is 0 Å². The molecule has 0 amide bonds. The summed E-state index contributed by atoms with van der Waals surface area (Å²) in [5.74, 6) is -1.65. The normalized spacial score (nSPS) is 19.1. The molecule has 142 valence electrons. The van der Waals surface area contributed by atoms with Crippen molar-refractivity contribution in [1.29, 1.82) is 0 Å². The molecular formula is C22H30O4. The predicted molar refractivity (Wildman–Crippen MR) is 105 cm³/mol. The number of carbonyl (C=O) groups excluding carboxylic acids is 1. The Kier molecular flexibility index (Phi) is 7.81. The molecule has 1 aliphatic carbocycles. The number of hydrogen-bond donors (Lipinski definition) is 1. The largest absolute Gasteiger partial charge is 0.478 e. The molecule has 0 aromatic heterocycles. The summed E-state index contributed by atoms with van der Waals surface area (Å²) in [5.41, 5.74) is 4.31. The molecule has 0 aromatic rings. The fourth-order valence-electron chi connectivity index (χ4n) is 3.18. The van der Waals surface area contributed by atoms with Crippen LogP contribution in [0, 0.1) is 5.41 Å². The molecule has 0 heterocycles. The van der Waals surface area contributed by atoms with Gasteiger partial charge in [-0.1, -0.05) is 43.2 Å². The Balaban J connectivity index is 3.07. The monoisotopic (exact) mass is 358 g/mol. The van der Waals surface area contributed by atoms with Crippen LogP contribution in [-0.4, -0.2) is 24.2 Å². The molecule has 0 aliphatic heterocycles. The molecule has 0 saturated carbocycles. The van der Waals surface area contributed by atoms with Crippen LogP contribution in [0.1, 0.15) is 53.9 Å². The highest BCUT2D eigenvalue weighted by Gasteiger charge is 2.26. The third-order valence-electron chi connectivity index (χ3n) is 4.76. The van der Waals surface area contributed by atoms with Crippen molar-refractivity contribution in [3.8, 4) is 0 Å². The first kappa shape index (κ1) is 21.7. The van der Waals surface area contributed by atoms with Gasteiger partial charge in [-0.05, 0) is 62.7 Å². The fraction of sp³-hybridized carbons (Fsp3) is 0.455. The Morgan fingerprint density at radius 3 is 2.38 bits per heavy atom. The van der Waals surface area contributed by atoms with E-state index >= 15 is 0 Å². The van der Waals surface area contributed by atoms with E-state index in [4.69, 9.17) is 0 Å². The summed E-state index contributed by atoms with van der Waals surface area (Å²) < 4.78 is 4.54. The van der Waals surface area contributed by atoms with Crippen LogP contribution in [0.15, 0.2) is 58.2 Å². The highest BCUT2D eigenvalue weighted by Crippen LogP contribution is 2.40. The minimum Gasteiger partial charge on any atom is -0.478 e. The van der Waals surface area contributed by atoms with E-state index < -0.39 is 11.9 Å². The lowest BCUT2D eigenvalue weighted by Gasteiger charge is -2.32. The summed E-state index contributed by atoms with van der Waals surface area (Å²) in [6, 6.07) is 0. The first-order valence-corrected chi connectivity index (χ1v) is 8.85. The van der Waals surface area contributed by atoms with Gasteiger partial charge in [0.15, 0.2) is 0 Å². The van der Waals surface area contributed by atoms with Crippen molar-refractivity contribution >= 4 is 11.9 Å². The Morgan fingerprint density at radius 1 is 1.19 bits per heavy atom. The van der Waals surface area contributed by atoms with E-state index in [0.29, 0.717) is 5.57 Å². The van der Waals surface area contributed by atoms with E-state index in [1.54, 1.807) is 13.0 Å². The number of rotatable bonds is 6. The van der Waals surface area contributed by atoms with Gasteiger partial charge in [0.1, 0.15) is 0 Å². The van der Waals surface area contributed by atoms with Crippen LogP contribution in [0.2, 0.25) is 0 Å². The average Bonchev–Trinajstić information content (AvgIpc) is 2.53. The number of esters is 1. The second kappa shape index (κ2) is 9.37. The average molecular weight is 358 g/mol. The molecule has 0 fully saturated rings. The number of methoxy groups -OCH3 is 1. The van der Waals surface area contributed by atoms with Gasteiger partial charge in [0.25, 0.3) is 0 Å². The van der Waals surface area contributed by atoms with Gasteiger partial charge in [-0.3, -0.25) is 0 Å². The summed E-state index contributed by atoms with van der Waals surface area (Å²) in [7, 11) is 1.26. The first-order valence-electron chi connectivity index (χ1n) is 8.85. The standard InChI is InChI=1S/C22H30O4/c1-15(10-12-19-16(2)8-7-13-22(19,4)5)9-11-18(21(24)25)17(3)14-20(23)26-6/h9-12,14H,7-8,13H2,1-6H3,(H,24,25)/b12-10?,15-9?,17-14-,18-11?. The number of carboxylic acid groups (broad SMARTS) is 1. The molecule has 4 heteroatoms. The maximum absolute atomic E-state index is 11.4. The minimum absolute atomic E-state index is 0.0662. The summed E-state index contributed by atoms with van der Waals surface area (Å²) in [4.78, 5) is 22.7. The predicted octanol–water partition coefficient (Wildman–Crippen LogP) is 5.15. The van der Waals surface area contributed by atoms with Gasteiger partial charge < -0.3 is 9.84 Å². The van der Waals surface area contributed by atoms with Crippen molar-refractivity contribution in [2.24, 2.45) is 5.41 Å². The van der Waals surface area contributed by atoms with Gasteiger partial charge in [0.05, 0.1) is 12.7 Å². The van der Waals surface area contributed by atoms with E-state index in [1.165, 1.54) is 43.2 Å². The lowest BCUT2D eigenvalue weighted by molar-refractivity contribution is -0.134. The third-order valence-corrected chi connectivity index (χ3v) is 4.76. The molecule has 0 radical (unpaired) electrons. The first-order chi connectivity index (χ1) is 12.1. The Labute approximate surface area is 156 Å². The number of allylic oxidation sites excluding steroid dienone is 7. The van der Waals surface area contributed by atoms with Crippen molar-refractivity contribution < 1.29 is 19.4 Å². The van der Waals surface area contributed by atoms with E-state index in [0.717, 1.165) is 12.0 Å². The minimum atomic E-state index is -1.08. The van der Waals surface area contributed by atoms with E-state index in [2.05, 4.69) is 31.6 Å². The maximum atomic E-state index is 11.4. The van der Waals surface area contributed by atoms with E-state index in [1.807, 2.05) is 13.0 Å². The van der Waals surface area contributed by atoms with Gasteiger partial charge in [-0.25, -0.2) is 9.59 Å². The molecule has 0 atom stereocenters. The van der Waals surface area contributed by atoms with Crippen molar-refractivity contribution in [3.63, 3.8) is 0 Å². The zero-order valence-electron chi connectivity index (χ0n) is 16.7. The molecule has 0 aromatic carbocycles. The quantitative estimate of drug-likeness (QED) is 0.405. The van der Waals surface area contributed by atoms with Gasteiger partial charge >= 0.3 is 11.9 Å². The topological polar surface area (TPSA) is 63.6 Å². The van der Waals surface area contributed by atoms with Crippen LogP contribution in [-0.2, 0) is 14.3 Å². The van der Waals surface area contributed by atoms with Crippen LogP contribution in [0.3, 0.4) is 0 Å². The molecule has 0 bridgehead atoms. The maximum Gasteiger partial charge on any atom is 0.335 e. The molecule has 0 unspecified atom stereocenters.